The first-order valence-electron chi connectivity index (χ1n) is 6.65. The highest BCUT2D eigenvalue weighted by Gasteiger charge is 2.09. The standard InChI is InChI=1S/C13H26N2O3/c1-5-18-12(16)9-14-13(17)15-11(4)8-6-7-10(2)3/h10-11H,5-9H2,1-4H3,(H2,14,15,17). The number of nitrogens with one attached hydrogen (secondary N) is 2. The molecule has 0 fully saturated rings. The van der Waals surface area contributed by atoms with Gasteiger partial charge in [-0.2, -0.15) is 0 Å². The van der Waals surface area contributed by atoms with Crippen molar-refractivity contribution < 1.29 is 14.3 Å². The molecule has 18 heavy (non-hydrogen) atoms. The molecule has 5 heteroatoms. The van der Waals surface area contributed by atoms with E-state index in [0.717, 1.165) is 19.3 Å². The molecule has 0 heterocycles. The lowest BCUT2D eigenvalue weighted by atomic mass is 10.0. The molecule has 0 aliphatic heterocycles. The summed E-state index contributed by atoms with van der Waals surface area (Å²) in [5.41, 5.74) is 0. The fourth-order valence-corrected chi connectivity index (χ4v) is 1.54. The van der Waals surface area contributed by atoms with Crippen LogP contribution in [0.25, 0.3) is 0 Å². The highest BCUT2D eigenvalue weighted by atomic mass is 16.5. The third kappa shape index (κ3) is 9.93. The first-order valence-corrected chi connectivity index (χ1v) is 6.65. The summed E-state index contributed by atoms with van der Waals surface area (Å²) in [7, 11) is 0. The molecule has 106 valence electrons. The Balaban J connectivity index is 3.64. The summed E-state index contributed by atoms with van der Waals surface area (Å²) in [4.78, 5) is 22.4. The molecule has 5 nitrogen and oxygen atoms in total. The van der Waals surface area contributed by atoms with Crippen LogP contribution in [0.1, 0.15) is 47.0 Å². The second-order valence-corrected chi connectivity index (χ2v) is 4.86. The Hall–Kier alpha value is -1.26. The molecule has 1 unspecified atom stereocenters. The zero-order chi connectivity index (χ0) is 14.0. The van der Waals surface area contributed by atoms with E-state index in [1.807, 2.05) is 6.92 Å². The molecule has 0 saturated carbocycles. The van der Waals surface area contributed by atoms with Crippen molar-refractivity contribution in [3.05, 3.63) is 0 Å². The van der Waals surface area contributed by atoms with Gasteiger partial charge in [-0.15, -0.1) is 0 Å². The van der Waals surface area contributed by atoms with Crippen LogP contribution in [0.15, 0.2) is 0 Å². The van der Waals surface area contributed by atoms with E-state index in [1.54, 1.807) is 6.92 Å². The molecule has 0 radical (unpaired) electrons. The largest absolute Gasteiger partial charge is 0.465 e. The van der Waals surface area contributed by atoms with Gasteiger partial charge in [0, 0.05) is 6.04 Å². The molecule has 2 amide bonds. The minimum absolute atomic E-state index is 0.0849. The summed E-state index contributed by atoms with van der Waals surface area (Å²) in [5.74, 6) is 0.273. The maximum Gasteiger partial charge on any atom is 0.325 e. The quantitative estimate of drug-likeness (QED) is 0.655. The lowest BCUT2D eigenvalue weighted by Gasteiger charge is -2.14. The first-order chi connectivity index (χ1) is 8.45. The Morgan fingerprint density at radius 1 is 1.17 bits per heavy atom. The number of rotatable bonds is 8. The van der Waals surface area contributed by atoms with Gasteiger partial charge in [0.2, 0.25) is 0 Å². The van der Waals surface area contributed by atoms with Gasteiger partial charge in [-0.05, 0) is 26.2 Å². The Labute approximate surface area is 110 Å². The summed E-state index contributed by atoms with van der Waals surface area (Å²) in [6.07, 6.45) is 3.21. The van der Waals surface area contributed by atoms with Crippen molar-refractivity contribution in [3.63, 3.8) is 0 Å². The van der Waals surface area contributed by atoms with E-state index in [4.69, 9.17) is 4.74 Å². The summed E-state index contributed by atoms with van der Waals surface area (Å²) >= 11 is 0. The number of carbonyl (C=O) groups is 2. The van der Waals surface area contributed by atoms with Crippen LogP contribution >= 0.6 is 0 Å². The van der Waals surface area contributed by atoms with Crippen LogP contribution in [0, 0.1) is 5.92 Å². The van der Waals surface area contributed by atoms with Crippen LogP contribution in [-0.4, -0.2) is 31.2 Å². The number of esters is 1. The molecule has 0 aromatic carbocycles. The number of amides is 2. The molecule has 2 N–H and O–H groups in total. The van der Waals surface area contributed by atoms with E-state index >= 15 is 0 Å². The van der Waals surface area contributed by atoms with Crippen molar-refractivity contribution in [1.29, 1.82) is 0 Å². The van der Waals surface area contributed by atoms with Gasteiger partial charge in [-0.25, -0.2) is 4.79 Å². The Morgan fingerprint density at radius 3 is 2.39 bits per heavy atom. The molecule has 0 aliphatic carbocycles. The smallest absolute Gasteiger partial charge is 0.325 e. The van der Waals surface area contributed by atoms with Crippen molar-refractivity contribution in [3.8, 4) is 0 Å². The van der Waals surface area contributed by atoms with Gasteiger partial charge in [0.05, 0.1) is 6.61 Å². The SMILES string of the molecule is CCOC(=O)CNC(=O)NC(C)CCCC(C)C. The predicted octanol–water partition coefficient (Wildman–Crippen LogP) is 2.06. The van der Waals surface area contributed by atoms with Crippen molar-refractivity contribution in [1.82, 2.24) is 10.6 Å². The maximum atomic E-state index is 11.4. The first kappa shape index (κ1) is 16.7. The molecule has 0 rings (SSSR count). The van der Waals surface area contributed by atoms with E-state index < -0.39 is 5.97 Å². The molecule has 0 bridgehead atoms. The van der Waals surface area contributed by atoms with Gasteiger partial charge < -0.3 is 15.4 Å². The number of carbonyl (C=O) groups excluding carboxylic acids is 2. The van der Waals surface area contributed by atoms with E-state index in [2.05, 4.69) is 24.5 Å². The van der Waals surface area contributed by atoms with Gasteiger partial charge in [0.25, 0.3) is 0 Å². The van der Waals surface area contributed by atoms with E-state index in [-0.39, 0.29) is 18.6 Å². The maximum absolute atomic E-state index is 11.4. The van der Waals surface area contributed by atoms with Gasteiger partial charge in [0.15, 0.2) is 0 Å². The lowest BCUT2D eigenvalue weighted by Crippen LogP contribution is -2.43. The van der Waals surface area contributed by atoms with Crippen LogP contribution in [0.4, 0.5) is 4.79 Å². The molecule has 0 saturated heterocycles. The number of ether oxygens (including phenoxy) is 1. The molecule has 0 aromatic heterocycles. The predicted molar refractivity (Wildman–Crippen MR) is 71.3 cm³/mol. The van der Waals surface area contributed by atoms with E-state index in [9.17, 15) is 9.59 Å². The number of hydrogen-bond acceptors (Lipinski definition) is 3. The van der Waals surface area contributed by atoms with Crippen LogP contribution in [0.3, 0.4) is 0 Å². The molecular weight excluding hydrogens is 232 g/mol. The second-order valence-electron chi connectivity index (χ2n) is 4.86. The fraction of sp³-hybridized carbons (Fsp3) is 0.846. The minimum atomic E-state index is -0.417. The molecule has 0 aliphatic rings. The van der Waals surface area contributed by atoms with Crippen molar-refractivity contribution in [2.75, 3.05) is 13.2 Å². The van der Waals surface area contributed by atoms with Gasteiger partial charge >= 0.3 is 12.0 Å². The monoisotopic (exact) mass is 258 g/mol. The van der Waals surface area contributed by atoms with Crippen LogP contribution in [-0.2, 0) is 9.53 Å². The Kier molecular flexibility index (Phi) is 9.06. The Bertz CT molecular complexity index is 255. The minimum Gasteiger partial charge on any atom is -0.465 e. The second kappa shape index (κ2) is 9.74. The van der Waals surface area contributed by atoms with Crippen LogP contribution in [0.5, 0.6) is 0 Å². The Morgan fingerprint density at radius 2 is 1.83 bits per heavy atom. The average molecular weight is 258 g/mol. The average Bonchev–Trinajstić information content (AvgIpc) is 2.26. The molecule has 0 aromatic rings. The number of hydrogen-bond donors (Lipinski definition) is 2. The highest BCUT2D eigenvalue weighted by molar-refractivity contribution is 5.80. The summed E-state index contributed by atoms with van der Waals surface area (Å²) in [6, 6.07) is -0.203. The van der Waals surface area contributed by atoms with Crippen LogP contribution in [0.2, 0.25) is 0 Å². The molecule has 1 atom stereocenters. The lowest BCUT2D eigenvalue weighted by molar-refractivity contribution is -0.141. The summed E-state index contributed by atoms with van der Waals surface area (Å²) in [6.45, 7) is 8.31. The fourth-order valence-electron chi connectivity index (χ4n) is 1.54. The third-order valence-electron chi connectivity index (χ3n) is 2.49. The summed E-state index contributed by atoms with van der Waals surface area (Å²) in [5, 5.41) is 5.27. The van der Waals surface area contributed by atoms with Crippen molar-refractivity contribution in [2.24, 2.45) is 5.92 Å². The normalized spacial score (nSPS) is 12.1. The van der Waals surface area contributed by atoms with Crippen molar-refractivity contribution >= 4 is 12.0 Å². The van der Waals surface area contributed by atoms with E-state index in [1.165, 1.54) is 0 Å². The summed E-state index contributed by atoms with van der Waals surface area (Å²) < 4.78 is 4.71. The zero-order valence-corrected chi connectivity index (χ0v) is 11.9. The van der Waals surface area contributed by atoms with E-state index in [0.29, 0.717) is 12.5 Å². The number of urea groups is 1. The van der Waals surface area contributed by atoms with Gasteiger partial charge in [-0.3, -0.25) is 4.79 Å². The van der Waals surface area contributed by atoms with Crippen LogP contribution < -0.4 is 10.6 Å². The topological polar surface area (TPSA) is 67.4 Å². The van der Waals surface area contributed by atoms with Gasteiger partial charge in [-0.1, -0.05) is 26.7 Å². The molecular formula is C13H26N2O3. The third-order valence-corrected chi connectivity index (χ3v) is 2.49. The zero-order valence-electron chi connectivity index (χ0n) is 11.9. The van der Waals surface area contributed by atoms with Crippen molar-refractivity contribution in [2.45, 2.75) is 53.0 Å². The highest BCUT2D eigenvalue weighted by Crippen LogP contribution is 2.07. The molecule has 0 spiro atoms. The van der Waals surface area contributed by atoms with Gasteiger partial charge in [0.1, 0.15) is 6.54 Å².